The first kappa shape index (κ1) is 18.3. The highest BCUT2D eigenvalue weighted by atomic mass is 35.5. The second-order valence-electron chi connectivity index (χ2n) is 5.04. The Hall–Kier alpha value is -2.06. The lowest BCUT2D eigenvalue weighted by Gasteiger charge is -2.15. The first-order valence-corrected chi connectivity index (χ1v) is 8.69. The minimum absolute atomic E-state index is 0.129. The Bertz CT molecular complexity index is 732. The van der Waals surface area contributed by atoms with Crippen molar-refractivity contribution in [3.8, 4) is 0 Å². The zero-order valence-corrected chi connectivity index (χ0v) is 14.9. The average molecular weight is 368 g/mol. The first-order chi connectivity index (χ1) is 11.4. The van der Waals surface area contributed by atoms with Crippen LogP contribution in [0.4, 0.5) is 0 Å². The van der Waals surface area contributed by atoms with Crippen LogP contribution in [0.2, 0.25) is 5.02 Å². The lowest BCUT2D eigenvalue weighted by Crippen LogP contribution is -2.28. The topological polar surface area (TPSA) is 103 Å². The molecule has 9 heteroatoms. The lowest BCUT2D eigenvalue weighted by molar-refractivity contribution is -0.115. The number of nitrogens with zero attached hydrogens (tertiary/aromatic N) is 3. The number of rotatable bonds is 7. The van der Waals surface area contributed by atoms with Crippen LogP contribution in [-0.4, -0.2) is 32.3 Å². The second kappa shape index (κ2) is 8.16. The summed E-state index contributed by atoms with van der Waals surface area (Å²) < 4.78 is 1.85. The number of amides is 2. The van der Waals surface area contributed by atoms with Crippen molar-refractivity contribution in [2.75, 3.05) is 5.75 Å². The molecule has 2 amide bonds. The Morgan fingerprint density at radius 3 is 2.58 bits per heavy atom. The van der Waals surface area contributed by atoms with Gasteiger partial charge in [-0.3, -0.25) is 9.59 Å². The molecule has 0 aliphatic carbocycles. The Labute approximate surface area is 149 Å². The van der Waals surface area contributed by atoms with Gasteiger partial charge in [0.05, 0.1) is 11.8 Å². The number of hydrogen-bond acceptors (Lipinski definition) is 5. The van der Waals surface area contributed by atoms with Gasteiger partial charge in [0.1, 0.15) is 0 Å². The summed E-state index contributed by atoms with van der Waals surface area (Å²) in [6.45, 7) is 4.38. The summed E-state index contributed by atoms with van der Waals surface area (Å²) in [7, 11) is 0. The van der Waals surface area contributed by atoms with E-state index in [0.717, 1.165) is 0 Å². The highest BCUT2D eigenvalue weighted by molar-refractivity contribution is 7.99. The fourth-order valence-corrected chi connectivity index (χ4v) is 2.98. The average Bonchev–Trinajstić information content (AvgIpc) is 2.96. The van der Waals surface area contributed by atoms with Crippen molar-refractivity contribution in [3.05, 3.63) is 40.7 Å². The number of aromatic nitrogens is 3. The lowest BCUT2D eigenvalue weighted by atomic mass is 10.2. The van der Waals surface area contributed by atoms with Crippen LogP contribution in [0, 0.1) is 0 Å². The van der Waals surface area contributed by atoms with E-state index in [2.05, 4.69) is 15.5 Å². The van der Waals surface area contributed by atoms with Gasteiger partial charge in [-0.05, 0) is 38.1 Å². The zero-order chi connectivity index (χ0) is 17.7. The number of primary amides is 1. The molecule has 1 aromatic carbocycles. The number of carbonyl (C=O) groups excluding carboxylic acids is 2. The smallest absolute Gasteiger partial charge is 0.251 e. The fourth-order valence-electron chi connectivity index (χ4n) is 2.11. The number of hydrogen-bond donors (Lipinski definition) is 2. The van der Waals surface area contributed by atoms with Crippen LogP contribution in [0.25, 0.3) is 0 Å². The van der Waals surface area contributed by atoms with Crippen LogP contribution in [-0.2, 0) is 11.3 Å². The quantitative estimate of drug-likeness (QED) is 0.729. The molecule has 24 heavy (non-hydrogen) atoms. The van der Waals surface area contributed by atoms with Crippen molar-refractivity contribution in [2.24, 2.45) is 5.73 Å². The van der Waals surface area contributed by atoms with Gasteiger partial charge in [0.25, 0.3) is 5.91 Å². The van der Waals surface area contributed by atoms with Gasteiger partial charge in [-0.25, -0.2) is 0 Å². The van der Waals surface area contributed by atoms with Gasteiger partial charge < -0.3 is 15.6 Å². The number of benzene rings is 1. The van der Waals surface area contributed by atoms with Crippen LogP contribution < -0.4 is 11.1 Å². The molecule has 7 nitrogen and oxygen atoms in total. The van der Waals surface area contributed by atoms with Gasteiger partial charge in [0.2, 0.25) is 5.91 Å². The van der Waals surface area contributed by atoms with Crippen LogP contribution >= 0.6 is 23.4 Å². The zero-order valence-electron chi connectivity index (χ0n) is 13.3. The molecule has 1 atom stereocenters. The van der Waals surface area contributed by atoms with E-state index in [-0.39, 0.29) is 17.7 Å². The summed E-state index contributed by atoms with van der Waals surface area (Å²) in [4.78, 5) is 23.2. The summed E-state index contributed by atoms with van der Waals surface area (Å²) in [6.07, 6.45) is 0. The molecule has 0 spiro atoms. The van der Waals surface area contributed by atoms with Crippen molar-refractivity contribution >= 4 is 35.2 Å². The number of halogens is 1. The number of carbonyl (C=O) groups is 2. The molecule has 1 heterocycles. The van der Waals surface area contributed by atoms with Gasteiger partial charge in [-0.15, -0.1) is 10.2 Å². The normalized spacial score (nSPS) is 12.0. The molecular formula is C15H18ClN5O2S. The molecule has 0 aliphatic rings. The predicted molar refractivity (Wildman–Crippen MR) is 92.9 cm³/mol. The van der Waals surface area contributed by atoms with Gasteiger partial charge in [-0.1, -0.05) is 23.4 Å². The van der Waals surface area contributed by atoms with Gasteiger partial charge in [0.15, 0.2) is 11.0 Å². The first-order valence-electron chi connectivity index (χ1n) is 7.33. The molecular weight excluding hydrogens is 350 g/mol. The highest BCUT2D eigenvalue weighted by Gasteiger charge is 2.19. The molecule has 128 valence electrons. The van der Waals surface area contributed by atoms with Crippen molar-refractivity contribution in [1.29, 1.82) is 0 Å². The largest absolute Gasteiger partial charge is 0.369 e. The standard InChI is InChI=1S/C15H18ClN5O2S/c1-3-21-13(19-20-15(21)24-8-12(17)22)9(2)18-14(23)10-4-6-11(16)7-5-10/h4-7,9H,3,8H2,1-2H3,(H2,17,22)(H,18,23). The molecule has 0 saturated carbocycles. The third-order valence-corrected chi connectivity index (χ3v) is 4.49. The van der Waals surface area contributed by atoms with E-state index in [0.29, 0.717) is 28.1 Å². The van der Waals surface area contributed by atoms with Crippen molar-refractivity contribution in [1.82, 2.24) is 20.1 Å². The highest BCUT2D eigenvalue weighted by Crippen LogP contribution is 2.20. The summed E-state index contributed by atoms with van der Waals surface area (Å²) in [6, 6.07) is 6.29. The Morgan fingerprint density at radius 1 is 1.33 bits per heavy atom. The van der Waals surface area contributed by atoms with Gasteiger partial charge in [-0.2, -0.15) is 0 Å². The number of thioether (sulfide) groups is 1. The molecule has 0 bridgehead atoms. The number of nitrogens with two attached hydrogens (primary N) is 1. The van der Waals surface area contributed by atoms with E-state index in [1.54, 1.807) is 24.3 Å². The summed E-state index contributed by atoms with van der Waals surface area (Å²) in [5, 5.41) is 12.2. The maximum Gasteiger partial charge on any atom is 0.251 e. The number of nitrogens with one attached hydrogen (secondary N) is 1. The molecule has 2 rings (SSSR count). The Balaban J connectivity index is 2.11. The van der Waals surface area contributed by atoms with Crippen LogP contribution in [0.15, 0.2) is 29.4 Å². The third kappa shape index (κ3) is 4.48. The third-order valence-electron chi connectivity index (χ3n) is 3.25. The van der Waals surface area contributed by atoms with E-state index in [1.165, 1.54) is 11.8 Å². The molecule has 2 aromatic rings. The predicted octanol–water partition coefficient (Wildman–Crippen LogP) is 2.02. The van der Waals surface area contributed by atoms with E-state index in [4.69, 9.17) is 17.3 Å². The Morgan fingerprint density at radius 2 is 2.00 bits per heavy atom. The SMILES string of the molecule is CCn1c(SCC(N)=O)nnc1C(C)NC(=O)c1ccc(Cl)cc1. The fraction of sp³-hybridized carbons (Fsp3) is 0.333. The molecule has 1 aromatic heterocycles. The molecule has 0 radical (unpaired) electrons. The van der Waals surface area contributed by atoms with Crippen molar-refractivity contribution in [2.45, 2.75) is 31.6 Å². The minimum atomic E-state index is -0.420. The monoisotopic (exact) mass is 367 g/mol. The summed E-state index contributed by atoms with van der Waals surface area (Å²) in [5.74, 6) is 0.100. The van der Waals surface area contributed by atoms with Crippen LogP contribution in [0.3, 0.4) is 0 Å². The molecule has 1 unspecified atom stereocenters. The van der Waals surface area contributed by atoms with Gasteiger partial charge >= 0.3 is 0 Å². The van der Waals surface area contributed by atoms with Crippen LogP contribution in [0.5, 0.6) is 0 Å². The van der Waals surface area contributed by atoms with E-state index in [1.807, 2.05) is 18.4 Å². The van der Waals surface area contributed by atoms with Gasteiger partial charge in [0, 0.05) is 17.1 Å². The Kier molecular flexibility index (Phi) is 6.22. The molecule has 0 fully saturated rings. The van der Waals surface area contributed by atoms with Crippen LogP contribution in [0.1, 0.15) is 36.1 Å². The van der Waals surface area contributed by atoms with E-state index >= 15 is 0 Å². The molecule has 0 aliphatic heterocycles. The van der Waals surface area contributed by atoms with Crippen molar-refractivity contribution < 1.29 is 9.59 Å². The van der Waals surface area contributed by atoms with E-state index < -0.39 is 5.91 Å². The molecule has 0 saturated heterocycles. The van der Waals surface area contributed by atoms with Crippen molar-refractivity contribution in [3.63, 3.8) is 0 Å². The maximum absolute atomic E-state index is 12.3. The second-order valence-corrected chi connectivity index (χ2v) is 6.42. The summed E-state index contributed by atoms with van der Waals surface area (Å²) >= 11 is 7.05. The molecule has 3 N–H and O–H groups in total. The maximum atomic E-state index is 12.3. The summed E-state index contributed by atoms with van der Waals surface area (Å²) in [5.41, 5.74) is 5.67. The minimum Gasteiger partial charge on any atom is -0.369 e. The van der Waals surface area contributed by atoms with E-state index in [9.17, 15) is 9.59 Å².